The number of pyridine rings is 1. The van der Waals surface area contributed by atoms with Crippen LogP contribution in [-0.4, -0.2) is 21.2 Å². The molecular formula is C28H29N3O2. The minimum Gasteiger partial charge on any atom is -0.444 e. The van der Waals surface area contributed by atoms with Crippen molar-refractivity contribution >= 4 is 17.0 Å². The summed E-state index contributed by atoms with van der Waals surface area (Å²) < 4.78 is 7.77. The quantitative estimate of drug-likeness (QED) is 0.390. The number of amides is 1. The summed E-state index contributed by atoms with van der Waals surface area (Å²) in [4.78, 5) is 16.9. The van der Waals surface area contributed by atoms with E-state index in [1.807, 2.05) is 45.3 Å². The van der Waals surface area contributed by atoms with Crippen LogP contribution in [0.4, 0.5) is 4.79 Å². The van der Waals surface area contributed by atoms with Crippen LogP contribution >= 0.6 is 0 Å². The van der Waals surface area contributed by atoms with Crippen molar-refractivity contribution in [1.29, 1.82) is 0 Å². The van der Waals surface area contributed by atoms with Gasteiger partial charge < -0.3 is 14.6 Å². The number of rotatable bonds is 4. The second kappa shape index (κ2) is 8.07. The molecule has 1 amide bonds. The number of aromatic nitrogens is 2. The van der Waals surface area contributed by atoms with Gasteiger partial charge in [-0.3, -0.25) is 4.98 Å². The van der Waals surface area contributed by atoms with Crippen LogP contribution in [-0.2, 0) is 10.3 Å². The van der Waals surface area contributed by atoms with Gasteiger partial charge in [-0.05, 0) is 75.4 Å². The number of benzene rings is 2. The number of alkyl carbamates (subject to hydrolysis) is 1. The number of ether oxygens (including phenoxy) is 1. The topological polar surface area (TPSA) is 56.1 Å². The van der Waals surface area contributed by atoms with E-state index < -0.39 is 5.60 Å². The zero-order valence-corrected chi connectivity index (χ0v) is 19.3. The minimum absolute atomic E-state index is 0.358. The third-order valence-electron chi connectivity index (χ3n) is 6.30. The lowest BCUT2D eigenvalue weighted by Crippen LogP contribution is -2.52. The van der Waals surface area contributed by atoms with Crippen molar-refractivity contribution in [2.45, 2.75) is 51.2 Å². The van der Waals surface area contributed by atoms with E-state index >= 15 is 0 Å². The third kappa shape index (κ3) is 4.11. The van der Waals surface area contributed by atoms with E-state index in [9.17, 15) is 4.79 Å². The smallest absolute Gasteiger partial charge is 0.408 e. The molecule has 0 unspecified atom stereocenters. The van der Waals surface area contributed by atoms with Crippen LogP contribution in [0.25, 0.3) is 27.8 Å². The highest BCUT2D eigenvalue weighted by atomic mass is 16.6. The first-order valence-corrected chi connectivity index (χ1v) is 11.5. The summed E-state index contributed by atoms with van der Waals surface area (Å²) in [5, 5.41) is 4.29. The van der Waals surface area contributed by atoms with Gasteiger partial charge in [-0.1, -0.05) is 42.5 Å². The maximum Gasteiger partial charge on any atom is 0.408 e. The molecular weight excluding hydrogens is 410 g/mol. The van der Waals surface area contributed by atoms with E-state index in [1.165, 1.54) is 0 Å². The summed E-state index contributed by atoms with van der Waals surface area (Å²) in [6, 6.07) is 23.2. The molecule has 2 aromatic heterocycles. The van der Waals surface area contributed by atoms with Crippen LogP contribution in [0.5, 0.6) is 0 Å². The van der Waals surface area contributed by atoms with Crippen LogP contribution < -0.4 is 5.32 Å². The second-order valence-corrected chi connectivity index (χ2v) is 9.77. The second-order valence-electron chi connectivity index (χ2n) is 9.77. The first kappa shape index (κ1) is 21.3. The lowest BCUT2D eigenvalue weighted by molar-refractivity contribution is 0.0377. The van der Waals surface area contributed by atoms with Crippen molar-refractivity contribution in [3.8, 4) is 16.9 Å². The molecule has 168 valence electrons. The maximum absolute atomic E-state index is 12.5. The number of carbonyl (C=O) groups excluding carboxylic acids is 1. The Morgan fingerprint density at radius 3 is 2.39 bits per heavy atom. The average Bonchev–Trinajstić information content (AvgIpc) is 3.15. The van der Waals surface area contributed by atoms with Gasteiger partial charge in [-0.2, -0.15) is 0 Å². The molecule has 5 heteroatoms. The molecule has 0 radical (unpaired) electrons. The van der Waals surface area contributed by atoms with Crippen molar-refractivity contribution in [2.75, 3.05) is 0 Å². The minimum atomic E-state index is -0.518. The molecule has 2 heterocycles. The number of nitrogens with one attached hydrogen (secondary N) is 1. The Morgan fingerprint density at radius 2 is 1.76 bits per heavy atom. The Balaban J connectivity index is 1.51. The Labute approximate surface area is 194 Å². The molecule has 1 saturated carbocycles. The summed E-state index contributed by atoms with van der Waals surface area (Å²) in [5.41, 5.74) is 4.64. The molecule has 4 aromatic rings. The van der Waals surface area contributed by atoms with Crippen LogP contribution in [0.1, 0.15) is 45.6 Å². The molecule has 5 nitrogen and oxygen atoms in total. The molecule has 0 spiro atoms. The molecule has 0 saturated heterocycles. The van der Waals surface area contributed by atoms with Crippen LogP contribution in [0.15, 0.2) is 79.1 Å². The normalized spacial score (nSPS) is 15.1. The molecule has 2 aromatic carbocycles. The van der Waals surface area contributed by atoms with Crippen LogP contribution in [0.2, 0.25) is 0 Å². The number of hydrogen-bond donors (Lipinski definition) is 1. The first-order valence-electron chi connectivity index (χ1n) is 11.5. The highest BCUT2D eigenvalue weighted by molar-refractivity contribution is 5.88. The SMILES string of the molecule is CC(C)(C)OC(=O)NC1(c2ccc(-n3c(-c4ccccc4)cc4ccncc43)cc2)CCC1. The van der Waals surface area contributed by atoms with Crippen molar-refractivity contribution in [1.82, 2.24) is 14.9 Å². The van der Waals surface area contributed by atoms with Crippen molar-refractivity contribution in [2.24, 2.45) is 0 Å². The van der Waals surface area contributed by atoms with Gasteiger partial charge in [0, 0.05) is 17.3 Å². The van der Waals surface area contributed by atoms with Gasteiger partial charge in [0.05, 0.1) is 22.9 Å². The Morgan fingerprint density at radius 1 is 1.03 bits per heavy atom. The monoisotopic (exact) mass is 439 g/mol. The van der Waals surface area contributed by atoms with Gasteiger partial charge in [-0.15, -0.1) is 0 Å². The number of hydrogen-bond acceptors (Lipinski definition) is 3. The van der Waals surface area contributed by atoms with Crippen LogP contribution in [0.3, 0.4) is 0 Å². The lowest BCUT2D eigenvalue weighted by Gasteiger charge is -2.43. The van der Waals surface area contributed by atoms with E-state index in [4.69, 9.17) is 4.74 Å². The van der Waals surface area contributed by atoms with Gasteiger partial charge in [-0.25, -0.2) is 4.79 Å². The number of carbonyl (C=O) groups is 1. The molecule has 0 bridgehead atoms. The van der Waals surface area contributed by atoms with Gasteiger partial charge in [0.1, 0.15) is 5.60 Å². The van der Waals surface area contributed by atoms with Gasteiger partial charge in [0.15, 0.2) is 0 Å². The third-order valence-corrected chi connectivity index (χ3v) is 6.30. The standard InChI is InChI=1S/C28H29N3O2/c1-27(2,3)33-26(32)30-28(15-7-16-28)22-10-12-23(13-11-22)31-24(20-8-5-4-6-9-20)18-21-14-17-29-19-25(21)31/h4-6,8-14,17-19H,7,15-16H2,1-3H3,(H,30,32). The Hall–Kier alpha value is -3.60. The molecule has 1 aliphatic rings. The molecule has 0 atom stereocenters. The molecule has 1 N–H and O–H groups in total. The van der Waals surface area contributed by atoms with Crippen molar-refractivity contribution in [3.05, 3.63) is 84.7 Å². The molecule has 1 aliphatic carbocycles. The predicted molar refractivity (Wildman–Crippen MR) is 131 cm³/mol. The van der Waals surface area contributed by atoms with Crippen molar-refractivity contribution in [3.63, 3.8) is 0 Å². The largest absolute Gasteiger partial charge is 0.444 e. The Bertz CT molecular complexity index is 1280. The lowest BCUT2D eigenvalue weighted by atomic mass is 9.72. The van der Waals surface area contributed by atoms with E-state index in [1.54, 1.807) is 0 Å². The average molecular weight is 440 g/mol. The van der Waals surface area contributed by atoms with Gasteiger partial charge >= 0.3 is 6.09 Å². The Kier molecular flexibility index (Phi) is 5.20. The first-order chi connectivity index (χ1) is 15.8. The zero-order chi connectivity index (χ0) is 23.1. The summed E-state index contributed by atoms with van der Waals surface area (Å²) in [6.45, 7) is 5.65. The fourth-order valence-corrected chi connectivity index (χ4v) is 4.59. The highest BCUT2D eigenvalue weighted by Crippen LogP contribution is 2.42. The molecule has 33 heavy (non-hydrogen) atoms. The van der Waals surface area contributed by atoms with Gasteiger partial charge in [0.2, 0.25) is 0 Å². The number of nitrogens with zero attached hydrogens (tertiary/aromatic N) is 2. The number of fused-ring (bicyclic) bond motifs is 1. The van der Waals surface area contributed by atoms with E-state index in [0.29, 0.717) is 0 Å². The summed E-state index contributed by atoms with van der Waals surface area (Å²) in [5.74, 6) is 0. The fraction of sp³-hybridized carbons (Fsp3) is 0.286. The van der Waals surface area contributed by atoms with Gasteiger partial charge in [0.25, 0.3) is 0 Å². The van der Waals surface area contributed by atoms with E-state index in [2.05, 4.69) is 69.5 Å². The maximum atomic E-state index is 12.5. The summed E-state index contributed by atoms with van der Waals surface area (Å²) in [7, 11) is 0. The van der Waals surface area contributed by atoms with Crippen LogP contribution in [0, 0.1) is 0 Å². The molecule has 0 aliphatic heterocycles. The predicted octanol–water partition coefficient (Wildman–Crippen LogP) is 6.60. The summed E-state index contributed by atoms with van der Waals surface area (Å²) >= 11 is 0. The van der Waals surface area contributed by atoms with E-state index in [-0.39, 0.29) is 11.6 Å². The zero-order valence-electron chi connectivity index (χ0n) is 19.3. The highest BCUT2D eigenvalue weighted by Gasteiger charge is 2.41. The summed E-state index contributed by atoms with van der Waals surface area (Å²) in [6.07, 6.45) is 6.29. The van der Waals surface area contributed by atoms with Crippen molar-refractivity contribution < 1.29 is 9.53 Å². The van der Waals surface area contributed by atoms with E-state index in [0.717, 1.165) is 52.7 Å². The fourth-order valence-electron chi connectivity index (χ4n) is 4.59. The molecule has 5 rings (SSSR count). The molecule has 1 fully saturated rings.